The van der Waals surface area contributed by atoms with Gasteiger partial charge < -0.3 is 0 Å². The second kappa shape index (κ2) is 5.91. The number of nitrogens with zero attached hydrogens (tertiary/aromatic N) is 1. The van der Waals surface area contributed by atoms with Gasteiger partial charge in [-0.1, -0.05) is 0 Å². The van der Waals surface area contributed by atoms with Gasteiger partial charge in [0, 0.05) is 0 Å². The molecule has 1 heterocycles. The van der Waals surface area contributed by atoms with Crippen LogP contribution in [0.2, 0.25) is 13.3 Å². The van der Waals surface area contributed by atoms with E-state index in [0.717, 1.165) is 5.69 Å². The third kappa shape index (κ3) is 3.08. The van der Waals surface area contributed by atoms with E-state index in [1.807, 2.05) is 0 Å². The van der Waals surface area contributed by atoms with E-state index in [0.29, 0.717) is 0 Å². The van der Waals surface area contributed by atoms with Crippen molar-refractivity contribution in [1.82, 2.24) is 4.98 Å². The van der Waals surface area contributed by atoms with Crippen LogP contribution in [-0.2, 0) is 5.60 Å². The maximum absolute atomic E-state index is 10.0. The van der Waals surface area contributed by atoms with E-state index >= 15 is 0 Å². The molecule has 0 amide bonds. The van der Waals surface area contributed by atoms with Crippen molar-refractivity contribution in [2.75, 3.05) is 0 Å². The molecule has 0 fully saturated rings. The van der Waals surface area contributed by atoms with Gasteiger partial charge in [0.2, 0.25) is 0 Å². The van der Waals surface area contributed by atoms with Crippen molar-refractivity contribution in [3.8, 4) is 0 Å². The molecular formula is C15H27NOSn. The summed E-state index contributed by atoms with van der Waals surface area (Å²) in [4.78, 5) is 4.52. The molecule has 0 aliphatic rings. The standard InChI is InChI=1S/C9H12NO.3C2H5.Sn/c1-7-4-5-10-8(6-7)9(2,3)11;3*1-2;/h5-6,11H,1-3H3;3*1H2,2H3;. The molecule has 1 aromatic rings. The zero-order valence-corrected chi connectivity index (χ0v) is 15.5. The topological polar surface area (TPSA) is 33.1 Å². The molecule has 1 N–H and O–H groups in total. The summed E-state index contributed by atoms with van der Waals surface area (Å²) in [5.74, 6) is 0. The fraction of sp³-hybridized carbons (Fsp3) is 0.667. The van der Waals surface area contributed by atoms with Crippen LogP contribution < -0.4 is 3.58 Å². The molecule has 0 saturated carbocycles. The van der Waals surface area contributed by atoms with Gasteiger partial charge in [0.15, 0.2) is 0 Å². The first-order valence-electron chi connectivity index (χ1n) is 7.00. The molecule has 0 aromatic carbocycles. The van der Waals surface area contributed by atoms with E-state index in [1.165, 1.54) is 18.9 Å². The number of aliphatic hydroxyl groups is 1. The Labute approximate surface area is 116 Å². The van der Waals surface area contributed by atoms with Gasteiger partial charge >= 0.3 is 116 Å². The number of pyridine rings is 1. The average Bonchev–Trinajstić information content (AvgIpc) is 2.32. The molecule has 0 atom stereocenters. The molecule has 2 nitrogen and oxygen atoms in total. The van der Waals surface area contributed by atoms with Crippen LogP contribution in [0.15, 0.2) is 12.3 Å². The van der Waals surface area contributed by atoms with Crippen LogP contribution in [0.4, 0.5) is 0 Å². The van der Waals surface area contributed by atoms with Crippen molar-refractivity contribution in [3.05, 3.63) is 23.5 Å². The summed E-state index contributed by atoms with van der Waals surface area (Å²) in [5.41, 5.74) is 1.28. The second-order valence-electron chi connectivity index (χ2n) is 5.78. The van der Waals surface area contributed by atoms with Crippen LogP contribution in [0, 0.1) is 6.92 Å². The Morgan fingerprint density at radius 1 is 1.17 bits per heavy atom. The van der Waals surface area contributed by atoms with Crippen molar-refractivity contribution in [3.63, 3.8) is 0 Å². The monoisotopic (exact) mass is 357 g/mol. The van der Waals surface area contributed by atoms with Crippen molar-refractivity contribution in [2.45, 2.75) is 60.5 Å². The van der Waals surface area contributed by atoms with Crippen molar-refractivity contribution < 1.29 is 5.11 Å². The third-order valence-corrected chi connectivity index (χ3v) is 20.7. The van der Waals surface area contributed by atoms with Crippen molar-refractivity contribution >= 4 is 22.0 Å². The fourth-order valence-corrected chi connectivity index (χ4v) is 13.9. The predicted octanol–water partition coefficient (Wildman–Crippen LogP) is 3.33. The molecule has 1 aromatic heterocycles. The summed E-state index contributed by atoms with van der Waals surface area (Å²) in [7, 11) is 0. The number of hydrogen-bond acceptors (Lipinski definition) is 2. The van der Waals surface area contributed by atoms with Crippen LogP contribution >= 0.6 is 0 Å². The number of aryl methyl sites for hydroxylation is 1. The summed E-state index contributed by atoms with van der Waals surface area (Å²) in [5, 5.41) is 10.0. The van der Waals surface area contributed by atoms with Gasteiger partial charge in [0.1, 0.15) is 0 Å². The van der Waals surface area contributed by atoms with Crippen LogP contribution in [0.3, 0.4) is 0 Å². The van der Waals surface area contributed by atoms with E-state index in [-0.39, 0.29) is 0 Å². The molecular weight excluding hydrogens is 329 g/mol. The molecule has 0 bridgehead atoms. The van der Waals surface area contributed by atoms with Crippen molar-refractivity contribution in [1.29, 1.82) is 0 Å². The molecule has 0 aliphatic heterocycles. The summed E-state index contributed by atoms with van der Waals surface area (Å²) in [6.07, 6.45) is 2.06. The van der Waals surface area contributed by atoms with Crippen molar-refractivity contribution in [2.24, 2.45) is 0 Å². The number of hydrogen-bond donors (Lipinski definition) is 1. The fourth-order valence-electron chi connectivity index (χ4n) is 2.77. The van der Waals surface area contributed by atoms with Gasteiger partial charge in [-0.05, 0) is 0 Å². The zero-order valence-electron chi connectivity index (χ0n) is 12.7. The Hall–Kier alpha value is -0.0913. The van der Waals surface area contributed by atoms with E-state index < -0.39 is 24.0 Å². The van der Waals surface area contributed by atoms with Crippen LogP contribution in [-0.4, -0.2) is 28.5 Å². The quantitative estimate of drug-likeness (QED) is 0.822. The Bertz CT molecular complexity index is 397. The molecule has 18 heavy (non-hydrogen) atoms. The van der Waals surface area contributed by atoms with E-state index in [9.17, 15) is 5.11 Å². The molecule has 3 heteroatoms. The van der Waals surface area contributed by atoms with Gasteiger partial charge in [-0.2, -0.15) is 0 Å². The van der Waals surface area contributed by atoms with E-state index in [1.54, 1.807) is 17.4 Å². The summed E-state index contributed by atoms with van der Waals surface area (Å²) >= 11 is -2.18. The van der Waals surface area contributed by atoms with Gasteiger partial charge in [-0.15, -0.1) is 0 Å². The average molecular weight is 356 g/mol. The Morgan fingerprint density at radius 3 is 2.00 bits per heavy atom. The zero-order chi connectivity index (χ0) is 14.0. The molecule has 0 unspecified atom stereocenters. The molecule has 102 valence electrons. The Balaban J connectivity index is 3.28. The minimum atomic E-state index is -2.18. The summed E-state index contributed by atoms with van der Waals surface area (Å²) in [6.45, 7) is 12.8. The minimum absolute atomic E-state index is 0.784. The van der Waals surface area contributed by atoms with Crippen LogP contribution in [0.1, 0.15) is 45.9 Å². The van der Waals surface area contributed by atoms with Gasteiger partial charge in [0.25, 0.3) is 0 Å². The van der Waals surface area contributed by atoms with Crippen LogP contribution in [0.25, 0.3) is 0 Å². The first kappa shape index (κ1) is 16.0. The van der Waals surface area contributed by atoms with E-state index in [4.69, 9.17) is 0 Å². The van der Waals surface area contributed by atoms with Gasteiger partial charge in [-0.3, -0.25) is 0 Å². The Kier molecular flexibility index (Phi) is 5.24. The second-order valence-corrected chi connectivity index (χ2v) is 20.7. The maximum atomic E-state index is 10.0. The van der Waals surface area contributed by atoms with Crippen LogP contribution in [0.5, 0.6) is 0 Å². The number of rotatable bonds is 5. The molecule has 0 spiro atoms. The Morgan fingerprint density at radius 2 is 1.67 bits per heavy atom. The normalized spacial score (nSPS) is 12.8. The molecule has 0 saturated heterocycles. The predicted molar refractivity (Wildman–Crippen MR) is 81.0 cm³/mol. The third-order valence-electron chi connectivity index (χ3n) is 4.34. The number of aromatic nitrogens is 1. The molecule has 0 radical (unpaired) electrons. The first-order chi connectivity index (χ1) is 8.30. The molecule has 0 aliphatic carbocycles. The van der Waals surface area contributed by atoms with Gasteiger partial charge in [0.05, 0.1) is 0 Å². The van der Waals surface area contributed by atoms with Gasteiger partial charge in [-0.25, -0.2) is 0 Å². The summed E-state index contributed by atoms with van der Waals surface area (Å²) in [6, 6.07) is 2.09. The molecule has 1 rings (SSSR count). The summed E-state index contributed by atoms with van der Waals surface area (Å²) < 4.78 is 5.56. The SMILES string of the molecule is C[CH2][Sn]([CH2]C)([CH2]C)[c]1cnc(C(C)(C)O)cc1C. The first-order valence-corrected chi connectivity index (χ1v) is 14.5. The van der Waals surface area contributed by atoms with E-state index in [2.05, 4.69) is 44.9 Å².